The van der Waals surface area contributed by atoms with Crippen molar-refractivity contribution in [3.63, 3.8) is 0 Å². The number of hydrogen-bond donors (Lipinski definition) is 3. The van der Waals surface area contributed by atoms with Gasteiger partial charge in [-0.15, -0.1) is 0 Å². The van der Waals surface area contributed by atoms with E-state index < -0.39 is 0 Å². The molecule has 1 saturated carbocycles. The lowest BCUT2D eigenvalue weighted by Gasteiger charge is -2.19. The zero-order chi connectivity index (χ0) is 11.8. The number of aromatic nitrogens is 2. The first-order valence-corrected chi connectivity index (χ1v) is 6.12. The second-order valence-electron chi connectivity index (χ2n) is 4.97. The van der Waals surface area contributed by atoms with Gasteiger partial charge in [0.05, 0.1) is 0 Å². The van der Waals surface area contributed by atoms with Gasteiger partial charge in [-0.2, -0.15) is 9.97 Å². The summed E-state index contributed by atoms with van der Waals surface area (Å²) < 4.78 is 0. The van der Waals surface area contributed by atoms with Gasteiger partial charge in [0.2, 0.25) is 5.95 Å². The van der Waals surface area contributed by atoms with E-state index in [1.807, 2.05) is 6.07 Å². The van der Waals surface area contributed by atoms with Gasteiger partial charge in [0.25, 0.3) is 0 Å². The van der Waals surface area contributed by atoms with E-state index in [9.17, 15) is 0 Å². The van der Waals surface area contributed by atoms with Crippen molar-refractivity contribution in [1.29, 1.82) is 0 Å². The molecule has 2 unspecified atom stereocenters. The Hall–Kier alpha value is -1.56. The van der Waals surface area contributed by atoms with Crippen molar-refractivity contribution in [2.45, 2.75) is 19.3 Å². The van der Waals surface area contributed by atoms with E-state index in [1.54, 1.807) is 0 Å². The quantitative estimate of drug-likeness (QED) is 0.512. The van der Waals surface area contributed by atoms with Gasteiger partial charge in [-0.3, -0.25) is 0 Å². The van der Waals surface area contributed by atoms with Crippen LogP contribution in [0.15, 0.2) is 6.07 Å². The molecule has 2 atom stereocenters. The van der Waals surface area contributed by atoms with Crippen LogP contribution in [-0.4, -0.2) is 23.1 Å². The Morgan fingerprint density at radius 1 is 1.24 bits per heavy atom. The molecule has 2 heterocycles. The average Bonchev–Trinajstić information content (AvgIpc) is 2.88. The van der Waals surface area contributed by atoms with Crippen molar-refractivity contribution in [3.05, 3.63) is 6.07 Å². The lowest BCUT2D eigenvalue weighted by molar-refractivity contribution is 0.494. The Labute approximate surface area is 100 Å². The van der Waals surface area contributed by atoms with E-state index in [-0.39, 0.29) is 5.95 Å². The molecule has 0 aromatic carbocycles. The molecular formula is C11H18N6. The number of fused-ring (bicyclic) bond motifs is 1. The summed E-state index contributed by atoms with van der Waals surface area (Å²) in [5.74, 6) is 8.76. The summed E-state index contributed by atoms with van der Waals surface area (Å²) in [5, 5.41) is 0. The summed E-state index contributed by atoms with van der Waals surface area (Å²) in [5.41, 5.74) is 8.20. The molecule has 0 bridgehead atoms. The number of nitrogens with two attached hydrogens (primary N) is 2. The van der Waals surface area contributed by atoms with Crippen LogP contribution in [0.5, 0.6) is 0 Å². The molecule has 1 aliphatic carbocycles. The number of nitrogens with one attached hydrogen (secondary N) is 1. The van der Waals surface area contributed by atoms with Crippen molar-refractivity contribution >= 4 is 17.6 Å². The van der Waals surface area contributed by atoms with Crippen molar-refractivity contribution in [3.8, 4) is 0 Å². The van der Waals surface area contributed by atoms with E-state index in [4.69, 9.17) is 11.6 Å². The van der Waals surface area contributed by atoms with Gasteiger partial charge in [-0.05, 0) is 24.7 Å². The molecule has 2 fully saturated rings. The molecule has 17 heavy (non-hydrogen) atoms. The number of hydrazine groups is 1. The zero-order valence-electron chi connectivity index (χ0n) is 9.76. The second-order valence-corrected chi connectivity index (χ2v) is 4.97. The molecule has 3 rings (SSSR count). The highest BCUT2D eigenvalue weighted by Crippen LogP contribution is 2.39. The minimum Gasteiger partial charge on any atom is -0.368 e. The van der Waals surface area contributed by atoms with Crippen LogP contribution in [0.4, 0.5) is 17.6 Å². The number of nitrogen functional groups attached to an aromatic ring is 2. The number of anilines is 3. The maximum atomic E-state index is 5.67. The highest BCUT2D eigenvalue weighted by Gasteiger charge is 2.36. The summed E-state index contributed by atoms with van der Waals surface area (Å²) in [6.45, 7) is 2.18. The highest BCUT2D eigenvalue weighted by atomic mass is 15.3. The number of hydrogen-bond acceptors (Lipinski definition) is 6. The van der Waals surface area contributed by atoms with Crippen LogP contribution in [0.3, 0.4) is 0 Å². The Morgan fingerprint density at radius 3 is 2.59 bits per heavy atom. The van der Waals surface area contributed by atoms with Crippen molar-refractivity contribution in [2.75, 3.05) is 29.1 Å². The SMILES string of the molecule is NNc1cc(N2CC3CCCC3C2)nc(N)n1. The second kappa shape index (κ2) is 4.03. The van der Waals surface area contributed by atoms with Crippen molar-refractivity contribution in [1.82, 2.24) is 9.97 Å². The fourth-order valence-electron chi connectivity index (χ4n) is 3.11. The molecule has 0 radical (unpaired) electrons. The standard InChI is InChI=1S/C11H18N6/c12-11-14-9(16-13)4-10(15-11)17-5-7-2-1-3-8(7)6-17/h4,7-8H,1-3,5-6,13H2,(H3,12,14,15,16). The van der Waals surface area contributed by atoms with Gasteiger partial charge in [-0.25, -0.2) is 5.84 Å². The van der Waals surface area contributed by atoms with Crippen LogP contribution in [0.2, 0.25) is 0 Å². The maximum absolute atomic E-state index is 5.67. The molecule has 1 aromatic rings. The first-order chi connectivity index (χ1) is 8.26. The molecular weight excluding hydrogens is 216 g/mol. The van der Waals surface area contributed by atoms with Crippen LogP contribution in [0.1, 0.15) is 19.3 Å². The van der Waals surface area contributed by atoms with Gasteiger partial charge in [-0.1, -0.05) is 6.42 Å². The molecule has 5 N–H and O–H groups in total. The Morgan fingerprint density at radius 2 is 1.94 bits per heavy atom. The summed E-state index contributed by atoms with van der Waals surface area (Å²) in [7, 11) is 0. The van der Waals surface area contributed by atoms with Gasteiger partial charge >= 0.3 is 0 Å². The fourth-order valence-corrected chi connectivity index (χ4v) is 3.11. The largest absolute Gasteiger partial charge is 0.368 e. The number of rotatable bonds is 2. The lowest BCUT2D eigenvalue weighted by atomic mass is 10.0. The summed E-state index contributed by atoms with van der Waals surface area (Å²) in [4.78, 5) is 10.6. The minimum absolute atomic E-state index is 0.271. The molecule has 1 saturated heterocycles. The van der Waals surface area contributed by atoms with Crippen molar-refractivity contribution < 1.29 is 0 Å². The molecule has 0 amide bonds. The molecule has 1 aromatic heterocycles. The maximum Gasteiger partial charge on any atom is 0.223 e. The third-order valence-electron chi connectivity index (χ3n) is 3.93. The molecule has 6 nitrogen and oxygen atoms in total. The molecule has 0 spiro atoms. The Balaban J connectivity index is 1.82. The normalized spacial score (nSPS) is 27.2. The highest BCUT2D eigenvalue weighted by molar-refractivity contribution is 5.52. The molecule has 1 aliphatic heterocycles. The molecule has 6 heteroatoms. The van der Waals surface area contributed by atoms with Crippen LogP contribution >= 0.6 is 0 Å². The van der Waals surface area contributed by atoms with Crippen LogP contribution in [0, 0.1) is 11.8 Å². The predicted octanol–water partition coefficient (Wildman–Crippen LogP) is 0.581. The monoisotopic (exact) mass is 234 g/mol. The Kier molecular flexibility index (Phi) is 2.51. The number of nitrogens with zero attached hydrogens (tertiary/aromatic N) is 3. The summed E-state index contributed by atoms with van der Waals surface area (Å²) >= 11 is 0. The van der Waals surface area contributed by atoms with Gasteiger partial charge in [0, 0.05) is 19.2 Å². The van der Waals surface area contributed by atoms with E-state index in [2.05, 4.69) is 20.3 Å². The fraction of sp³-hybridized carbons (Fsp3) is 0.636. The topological polar surface area (TPSA) is 93.1 Å². The third-order valence-corrected chi connectivity index (χ3v) is 3.93. The van der Waals surface area contributed by atoms with Gasteiger partial charge in [0.1, 0.15) is 11.6 Å². The van der Waals surface area contributed by atoms with Gasteiger partial charge < -0.3 is 16.1 Å². The predicted molar refractivity (Wildman–Crippen MR) is 67.3 cm³/mol. The average molecular weight is 234 g/mol. The van der Waals surface area contributed by atoms with E-state index in [0.29, 0.717) is 5.82 Å². The summed E-state index contributed by atoms with van der Waals surface area (Å²) in [6.07, 6.45) is 4.08. The first kappa shape index (κ1) is 10.6. The lowest BCUT2D eigenvalue weighted by Crippen LogP contribution is -2.23. The van der Waals surface area contributed by atoms with E-state index >= 15 is 0 Å². The van der Waals surface area contributed by atoms with Crippen molar-refractivity contribution in [2.24, 2.45) is 17.7 Å². The molecule has 92 valence electrons. The van der Waals surface area contributed by atoms with E-state index in [1.165, 1.54) is 19.3 Å². The van der Waals surface area contributed by atoms with Crippen LogP contribution in [-0.2, 0) is 0 Å². The Bertz CT molecular complexity index is 408. The van der Waals surface area contributed by atoms with Crippen LogP contribution < -0.4 is 21.9 Å². The van der Waals surface area contributed by atoms with Crippen LogP contribution in [0.25, 0.3) is 0 Å². The smallest absolute Gasteiger partial charge is 0.223 e. The third kappa shape index (κ3) is 1.88. The van der Waals surface area contributed by atoms with E-state index in [0.717, 1.165) is 30.7 Å². The minimum atomic E-state index is 0.271. The first-order valence-electron chi connectivity index (χ1n) is 6.12. The van der Waals surface area contributed by atoms with Gasteiger partial charge in [0.15, 0.2) is 0 Å². The zero-order valence-corrected chi connectivity index (χ0v) is 9.76. The molecule has 2 aliphatic rings. The summed E-state index contributed by atoms with van der Waals surface area (Å²) in [6, 6.07) is 1.86.